The highest BCUT2D eigenvalue weighted by molar-refractivity contribution is 7.92. The lowest BCUT2D eigenvalue weighted by atomic mass is 10.2. The van der Waals surface area contributed by atoms with Crippen LogP contribution < -0.4 is 9.62 Å². The Labute approximate surface area is 115 Å². The first-order chi connectivity index (χ1) is 9.03. The van der Waals surface area contributed by atoms with E-state index in [0.29, 0.717) is 6.54 Å². The molecule has 19 heavy (non-hydrogen) atoms. The van der Waals surface area contributed by atoms with Crippen LogP contribution in [0.1, 0.15) is 25.3 Å². The van der Waals surface area contributed by atoms with Crippen molar-refractivity contribution < 1.29 is 8.42 Å². The van der Waals surface area contributed by atoms with E-state index in [1.807, 2.05) is 38.1 Å². The highest BCUT2D eigenvalue weighted by atomic mass is 32.2. The molecule has 0 radical (unpaired) electrons. The fourth-order valence-electron chi connectivity index (χ4n) is 2.57. The largest absolute Gasteiger partial charge is 0.313 e. The Morgan fingerprint density at radius 1 is 1.42 bits per heavy atom. The van der Waals surface area contributed by atoms with Gasteiger partial charge in [0, 0.05) is 12.6 Å². The number of benzene rings is 1. The van der Waals surface area contributed by atoms with Crippen LogP contribution in [0.3, 0.4) is 0 Å². The second-order valence-electron chi connectivity index (χ2n) is 5.08. The lowest BCUT2D eigenvalue weighted by Crippen LogP contribution is -2.39. The Morgan fingerprint density at radius 3 is 2.79 bits per heavy atom. The second kappa shape index (κ2) is 5.92. The zero-order valence-electron chi connectivity index (χ0n) is 11.6. The molecular formula is C14H22N2O2S. The van der Waals surface area contributed by atoms with Crippen LogP contribution in [0.15, 0.2) is 24.3 Å². The van der Waals surface area contributed by atoms with Crippen LogP contribution in [0, 0.1) is 6.92 Å². The Balaban J connectivity index is 2.20. The van der Waals surface area contributed by atoms with Crippen LogP contribution in [0.4, 0.5) is 5.69 Å². The Morgan fingerprint density at radius 2 is 2.21 bits per heavy atom. The fourth-order valence-corrected chi connectivity index (χ4v) is 4.37. The molecule has 0 saturated carbocycles. The lowest BCUT2D eigenvalue weighted by molar-refractivity contribution is 0.573. The van der Waals surface area contributed by atoms with Crippen molar-refractivity contribution in [2.75, 3.05) is 23.1 Å². The van der Waals surface area contributed by atoms with E-state index >= 15 is 0 Å². The van der Waals surface area contributed by atoms with Gasteiger partial charge < -0.3 is 5.32 Å². The van der Waals surface area contributed by atoms with E-state index in [-0.39, 0.29) is 11.8 Å². The molecule has 1 atom stereocenters. The number of rotatable bonds is 5. The van der Waals surface area contributed by atoms with Gasteiger partial charge in [-0.15, -0.1) is 0 Å². The van der Waals surface area contributed by atoms with Crippen molar-refractivity contribution in [1.82, 2.24) is 5.32 Å². The summed E-state index contributed by atoms with van der Waals surface area (Å²) >= 11 is 0. The summed E-state index contributed by atoms with van der Waals surface area (Å²) in [5.74, 6) is 0.189. The zero-order chi connectivity index (χ0) is 13.9. The monoisotopic (exact) mass is 282 g/mol. The minimum atomic E-state index is -3.25. The summed E-state index contributed by atoms with van der Waals surface area (Å²) in [5.41, 5.74) is 1.84. The molecule has 1 saturated heterocycles. The Bertz CT molecular complexity index is 522. The maximum atomic E-state index is 12.5. The summed E-state index contributed by atoms with van der Waals surface area (Å²) in [6, 6.07) is 7.75. The van der Waals surface area contributed by atoms with Gasteiger partial charge in [0.1, 0.15) is 0 Å². The standard InChI is InChI=1S/C14H22N2O2S/c1-3-16(14-8-4-6-12(2)10-14)19(17,18)11-13-7-5-9-15-13/h4,6,8,10,13,15H,3,5,7,9,11H2,1-2H3. The van der Waals surface area contributed by atoms with Crippen molar-refractivity contribution in [3.8, 4) is 0 Å². The fraction of sp³-hybridized carbons (Fsp3) is 0.571. The van der Waals surface area contributed by atoms with Gasteiger partial charge in [-0.2, -0.15) is 0 Å². The van der Waals surface area contributed by atoms with E-state index in [2.05, 4.69) is 5.32 Å². The number of aryl methyl sites for hydroxylation is 1. The molecule has 1 aliphatic heterocycles. The number of nitrogens with one attached hydrogen (secondary N) is 1. The molecule has 0 spiro atoms. The van der Waals surface area contributed by atoms with Gasteiger partial charge in [-0.05, 0) is 50.9 Å². The summed E-state index contributed by atoms with van der Waals surface area (Å²) in [6.45, 7) is 5.25. The lowest BCUT2D eigenvalue weighted by Gasteiger charge is -2.25. The highest BCUT2D eigenvalue weighted by Crippen LogP contribution is 2.21. The van der Waals surface area contributed by atoms with Gasteiger partial charge >= 0.3 is 0 Å². The topological polar surface area (TPSA) is 49.4 Å². The highest BCUT2D eigenvalue weighted by Gasteiger charge is 2.27. The van der Waals surface area contributed by atoms with E-state index in [1.54, 1.807) is 0 Å². The summed E-state index contributed by atoms with van der Waals surface area (Å²) in [4.78, 5) is 0. The summed E-state index contributed by atoms with van der Waals surface area (Å²) in [5, 5.41) is 3.25. The predicted octanol–water partition coefficient (Wildman–Crippen LogP) is 1.90. The molecule has 1 heterocycles. The number of nitrogens with zero attached hydrogens (tertiary/aromatic N) is 1. The molecule has 1 aromatic rings. The summed E-state index contributed by atoms with van der Waals surface area (Å²) in [6.07, 6.45) is 2.02. The first-order valence-electron chi connectivity index (χ1n) is 6.83. The van der Waals surface area contributed by atoms with Crippen molar-refractivity contribution in [2.24, 2.45) is 0 Å². The van der Waals surface area contributed by atoms with E-state index < -0.39 is 10.0 Å². The van der Waals surface area contributed by atoms with E-state index in [4.69, 9.17) is 0 Å². The predicted molar refractivity (Wildman–Crippen MR) is 79.0 cm³/mol. The third kappa shape index (κ3) is 3.48. The van der Waals surface area contributed by atoms with E-state index in [9.17, 15) is 8.42 Å². The molecule has 0 aromatic heterocycles. The maximum absolute atomic E-state index is 12.5. The molecule has 106 valence electrons. The van der Waals surface area contributed by atoms with E-state index in [1.165, 1.54) is 4.31 Å². The number of anilines is 1. The first-order valence-corrected chi connectivity index (χ1v) is 8.44. The molecule has 5 heteroatoms. The van der Waals surface area contributed by atoms with Gasteiger partial charge in [-0.25, -0.2) is 8.42 Å². The minimum Gasteiger partial charge on any atom is -0.313 e. The van der Waals surface area contributed by atoms with Crippen LogP contribution in [0.2, 0.25) is 0 Å². The number of hydrogen-bond donors (Lipinski definition) is 1. The van der Waals surface area contributed by atoms with Crippen molar-refractivity contribution in [3.05, 3.63) is 29.8 Å². The average Bonchev–Trinajstić information content (AvgIpc) is 2.81. The zero-order valence-corrected chi connectivity index (χ0v) is 12.4. The number of hydrogen-bond acceptors (Lipinski definition) is 3. The van der Waals surface area contributed by atoms with Crippen molar-refractivity contribution in [1.29, 1.82) is 0 Å². The molecule has 1 unspecified atom stereocenters. The van der Waals surface area contributed by atoms with Crippen molar-refractivity contribution >= 4 is 15.7 Å². The molecule has 1 aromatic carbocycles. The van der Waals surface area contributed by atoms with Crippen LogP contribution in [0.25, 0.3) is 0 Å². The quantitative estimate of drug-likeness (QED) is 0.897. The third-order valence-electron chi connectivity index (χ3n) is 3.49. The molecule has 4 nitrogen and oxygen atoms in total. The Kier molecular flexibility index (Phi) is 4.47. The molecule has 1 fully saturated rings. The Hall–Kier alpha value is -1.07. The normalized spacial score (nSPS) is 19.6. The van der Waals surface area contributed by atoms with Crippen LogP contribution in [-0.2, 0) is 10.0 Å². The molecule has 0 aliphatic carbocycles. The van der Waals surface area contributed by atoms with Crippen LogP contribution in [-0.4, -0.2) is 33.3 Å². The molecule has 0 bridgehead atoms. The van der Waals surface area contributed by atoms with Crippen LogP contribution >= 0.6 is 0 Å². The van der Waals surface area contributed by atoms with Crippen molar-refractivity contribution in [3.63, 3.8) is 0 Å². The van der Waals surface area contributed by atoms with Gasteiger partial charge in [0.05, 0.1) is 11.4 Å². The van der Waals surface area contributed by atoms with E-state index in [0.717, 1.165) is 30.6 Å². The molecule has 1 aliphatic rings. The van der Waals surface area contributed by atoms with Crippen molar-refractivity contribution in [2.45, 2.75) is 32.7 Å². The third-order valence-corrected chi connectivity index (χ3v) is 5.45. The van der Waals surface area contributed by atoms with Crippen LogP contribution in [0.5, 0.6) is 0 Å². The van der Waals surface area contributed by atoms with Gasteiger partial charge in [-0.1, -0.05) is 12.1 Å². The molecular weight excluding hydrogens is 260 g/mol. The van der Waals surface area contributed by atoms with Gasteiger partial charge in [0.2, 0.25) is 10.0 Å². The summed E-state index contributed by atoms with van der Waals surface area (Å²) in [7, 11) is -3.25. The van der Waals surface area contributed by atoms with Gasteiger partial charge in [0.15, 0.2) is 0 Å². The first kappa shape index (κ1) is 14.3. The average molecular weight is 282 g/mol. The van der Waals surface area contributed by atoms with Gasteiger partial charge in [-0.3, -0.25) is 4.31 Å². The smallest absolute Gasteiger partial charge is 0.236 e. The summed E-state index contributed by atoms with van der Waals surface area (Å²) < 4.78 is 26.5. The number of sulfonamides is 1. The molecule has 2 rings (SSSR count). The molecule has 0 amide bonds. The molecule has 1 N–H and O–H groups in total. The maximum Gasteiger partial charge on any atom is 0.236 e. The minimum absolute atomic E-state index is 0.101. The second-order valence-corrected chi connectivity index (χ2v) is 7.01. The SMILES string of the molecule is CCN(c1cccc(C)c1)S(=O)(=O)CC1CCCN1. The van der Waals surface area contributed by atoms with Gasteiger partial charge in [0.25, 0.3) is 0 Å².